The highest BCUT2D eigenvalue weighted by Crippen LogP contribution is 2.18. The van der Waals surface area contributed by atoms with E-state index in [1.54, 1.807) is 12.1 Å². The Morgan fingerprint density at radius 1 is 1.17 bits per heavy atom. The summed E-state index contributed by atoms with van der Waals surface area (Å²) in [6.45, 7) is 7.07. The zero-order valence-corrected chi connectivity index (χ0v) is 14.7. The summed E-state index contributed by atoms with van der Waals surface area (Å²) >= 11 is 0. The van der Waals surface area contributed by atoms with Crippen LogP contribution in [0.3, 0.4) is 0 Å². The number of rotatable bonds is 9. The summed E-state index contributed by atoms with van der Waals surface area (Å²) < 4.78 is 10.9. The monoisotopic (exact) mass is 330 g/mol. The number of ether oxygens (including phenoxy) is 1. The van der Waals surface area contributed by atoms with Crippen molar-refractivity contribution in [1.82, 2.24) is 10.5 Å². The van der Waals surface area contributed by atoms with Crippen molar-refractivity contribution in [3.63, 3.8) is 0 Å². The van der Waals surface area contributed by atoms with E-state index >= 15 is 0 Å². The first kappa shape index (κ1) is 18.0. The number of benzene rings is 1. The number of aryl methyl sites for hydroxylation is 2. The number of hydrogen-bond acceptors (Lipinski definition) is 4. The summed E-state index contributed by atoms with van der Waals surface area (Å²) in [4.78, 5) is 12.1. The number of nitrogens with one attached hydrogen (secondary N) is 1. The van der Waals surface area contributed by atoms with E-state index in [1.165, 1.54) is 12.8 Å². The topological polar surface area (TPSA) is 64.4 Å². The van der Waals surface area contributed by atoms with Crippen LogP contribution in [0.2, 0.25) is 0 Å². The van der Waals surface area contributed by atoms with Crippen molar-refractivity contribution in [1.29, 1.82) is 0 Å². The molecule has 0 aliphatic rings. The molecule has 0 bridgehead atoms. The highest BCUT2D eigenvalue weighted by molar-refractivity contribution is 5.94. The fourth-order valence-corrected chi connectivity index (χ4v) is 2.42. The molecule has 24 heavy (non-hydrogen) atoms. The van der Waals surface area contributed by atoms with Gasteiger partial charge >= 0.3 is 0 Å². The molecule has 0 spiro atoms. The molecule has 1 amide bonds. The molecule has 2 aromatic rings. The van der Waals surface area contributed by atoms with Crippen LogP contribution in [-0.2, 0) is 6.61 Å². The number of hydrogen-bond donors (Lipinski definition) is 1. The Hall–Kier alpha value is -2.30. The zero-order valence-electron chi connectivity index (χ0n) is 14.7. The molecule has 1 N–H and O–H groups in total. The number of nitrogens with zero attached hydrogens (tertiary/aromatic N) is 1. The van der Waals surface area contributed by atoms with Crippen molar-refractivity contribution in [3.8, 4) is 5.75 Å². The molecule has 130 valence electrons. The maximum absolute atomic E-state index is 12.1. The predicted octanol–water partition coefficient (Wildman–Crippen LogP) is 4.18. The lowest BCUT2D eigenvalue weighted by molar-refractivity contribution is 0.0953. The molecule has 2 rings (SSSR count). The highest BCUT2D eigenvalue weighted by Gasteiger charge is 2.10. The van der Waals surface area contributed by atoms with Gasteiger partial charge in [-0.15, -0.1) is 0 Å². The Bertz CT molecular complexity index is 628. The molecule has 5 nitrogen and oxygen atoms in total. The van der Waals surface area contributed by atoms with Gasteiger partial charge < -0.3 is 14.6 Å². The van der Waals surface area contributed by atoms with Gasteiger partial charge in [-0.25, -0.2) is 0 Å². The molecule has 5 heteroatoms. The second kappa shape index (κ2) is 9.11. The third kappa shape index (κ3) is 5.11. The van der Waals surface area contributed by atoms with E-state index in [0.717, 1.165) is 42.2 Å². The maximum Gasteiger partial charge on any atom is 0.251 e. The van der Waals surface area contributed by atoms with E-state index in [9.17, 15) is 4.79 Å². The van der Waals surface area contributed by atoms with Crippen molar-refractivity contribution in [2.45, 2.75) is 53.1 Å². The number of carbonyl (C=O) groups excluding carboxylic acids is 1. The first-order valence-electron chi connectivity index (χ1n) is 8.54. The van der Waals surface area contributed by atoms with Crippen LogP contribution in [0.4, 0.5) is 0 Å². The number of unbranched alkanes of at least 4 members (excludes halogenated alkanes) is 3. The molecule has 0 saturated heterocycles. The molecule has 0 fully saturated rings. The number of carbonyl (C=O) groups is 1. The van der Waals surface area contributed by atoms with E-state index < -0.39 is 0 Å². The SMILES string of the molecule is CCCCCCNC(=O)c1ccc(OCc2c(C)noc2C)cc1. The van der Waals surface area contributed by atoms with Crippen LogP contribution in [0.15, 0.2) is 28.8 Å². The minimum absolute atomic E-state index is 0.0382. The van der Waals surface area contributed by atoms with E-state index in [4.69, 9.17) is 9.26 Å². The summed E-state index contributed by atoms with van der Waals surface area (Å²) in [6, 6.07) is 7.18. The van der Waals surface area contributed by atoms with Gasteiger partial charge in [-0.2, -0.15) is 0 Å². The second-order valence-electron chi connectivity index (χ2n) is 5.93. The molecule has 0 unspecified atom stereocenters. The van der Waals surface area contributed by atoms with E-state index in [0.29, 0.717) is 12.2 Å². The maximum atomic E-state index is 12.1. The summed E-state index contributed by atoms with van der Waals surface area (Å²) in [5, 5.41) is 6.85. The molecule has 0 saturated carbocycles. The second-order valence-corrected chi connectivity index (χ2v) is 5.93. The van der Waals surface area contributed by atoms with Gasteiger partial charge in [0.1, 0.15) is 18.1 Å². The average Bonchev–Trinajstić information content (AvgIpc) is 2.91. The molecule has 0 atom stereocenters. The first-order chi connectivity index (χ1) is 11.6. The summed E-state index contributed by atoms with van der Waals surface area (Å²) in [7, 11) is 0. The lowest BCUT2D eigenvalue weighted by atomic mass is 10.2. The van der Waals surface area contributed by atoms with E-state index in [-0.39, 0.29) is 5.91 Å². The van der Waals surface area contributed by atoms with Crippen LogP contribution in [0, 0.1) is 13.8 Å². The number of aromatic nitrogens is 1. The molecule has 1 aromatic heterocycles. The van der Waals surface area contributed by atoms with Crippen molar-refractivity contribution >= 4 is 5.91 Å². The van der Waals surface area contributed by atoms with Crippen molar-refractivity contribution < 1.29 is 14.1 Å². The third-order valence-electron chi connectivity index (χ3n) is 4.00. The van der Waals surface area contributed by atoms with Gasteiger partial charge in [0.15, 0.2) is 0 Å². The fraction of sp³-hybridized carbons (Fsp3) is 0.474. The molecule has 0 aliphatic heterocycles. The lowest BCUT2D eigenvalue weighted by Crippen LogP contribution is -2.24. The molecule has 1 heterocycles. The van der Waals surface area contributed by atoms with Crippen LogP contribution in [0.5, 0.6) is 5.75 Å². The Balaban J connectivity index is 1.81. The highest BCUT2D eigenvalue weighted by atomic mass is 16.5. The van der Waals surface area contributed by atoms with Gasteiger partial charge in [-0.3, -0.25) is 4.79 Å². The van der Waals surface area contributed by atoms with E-state index in [2.05, 4.69) is 17.4 Å². The first-order valence-corrected chi connectivity index (χ1v) is 8.54. The van der Waals surface area contributed by atoms with Crippen LogP contribution in [0.1, 0.15) is 60.0 Å². The standard InChI is InChI=1S/C19H26N2O3/c1-4-5-6-7-12-20-19(22)16-8-10-17(11-9-16)23-13-18-14(2)21-24-15(18)3/h8-11H,4-7,12-13H2,1-3H3,(H,20,22). The summed E-state index contributed by atoms with van der Waals surface area (Å²) in [5.74, 6) is 1.45. The fourth-order valence-electron chi connectivity index (χ4n) is 2.42. The van der Waals surface area contributed by atoms with Crippen LogP contribution < -0.4 is 10.1 Å². The summed E-state index contributed by atoms with van der Waals surface area (Å²) in [6.07, 6.45) is 4.60. The lowest BCUT2D eigenvalue weighted by Gasteiger charge is -2.08. The Morgan fingerprint density at radius 2 is 1.92 bits per heavy atom. The van der Waals surface area contributed by atoms with Gasteiger partial charge in [0.25, 0.3) is 5.91 Å². The number of amides is 1. The predicted molar refractivity (Wildman–Crippen MR) is 93.2 cm³/mol. The molecule has 0 aliphatic carbocycles. The molecular weight excluding hydrogens is 304 g/mol. The Labute approximate surface area is 143 Å². The van der Waals surface area contributed by atoms with Crippen LogP contribution >= 0.6 is 0 Å². The molecular formula is C19H26N2O3. The van der Waals surface area contributed by atoms with Gasteiger partial charge in [0, 0.05) is 12.1 Å². The van der Waals surface area contributed by atoms with Gasteiger partial charge in [-0.1, -0.05) is 31.3 Å². The quantitative estimate of drug-likeness (QED) is 0.701. The van der Waals surface area contributed by atoms with E-state index in [1.807, 2.05) is 26.0 Å². The molecule has 1 aromatic carbocycles. The van der Waals surface area contributed by atoms with Gasteiger partial charge in [0.2, 0.25) is 0 Å². The largest absolute Gasteiger partial charge is 0.489 e. The Kier molecular flexibility index (Phi) is 6.85. The third-order valence-corrected chi connectivity index (χ3v) is 4.00. The molecule has 0 radical (unpaired) electrons. The minimum atomic E-state index is -0.0382. The van der Waals surface area contributed by atoms with Gasteiger partial charge in [0.05, 0.1) is 11.3 Å². The van der Waals surface area contributed by atoms with Crippen molar-refractivity contribution in [2.24, 2.45) is 0 Å². The average molecular weight is 330 g/mol. The normalized spacial score (nSPS) is 10.6. The Morgan fingerprint density at radius 3 is 2.54 bits per heavy atom. The van der Waals surface area contributed by atoms with Crippen LogP contribution in [0.25, 0.3) is 0 Å². The smallest absolute Gasteiger partial charge is 0.251 e. The van der Waals surface area contributed by atoms with Crippen molar-refractivity contribution in [3.05, 3.63) is 46.8 Å². The zero-order chi connectivity index (χ0) is 17.4. The van der Waals surface area contributed by atoms with Gasteiger partial charge in [-0.05, 0) is 44.5 Å². The van der Waals surface area contributed by atoms with Crippen LogP contribution in [-0.4, -0.2) is 17.6 Å². The van der Waals surface area contributed by atoms with Crippen molar-refractivity contribution in [2.75, 3.05) is 6.54 Å². The minimum Gasteiger partial charge on any atom is -0.489 e. The summed E-state index contributed by atoms with van der Waals surface area (Å²) in [5.41, 5.74) is 2.45.